The average Bonchev–Trinajstić information content (AvgIpc) is 3.09. The molecule has 8 heteroatoms. The number of benzene rings is 1. The molecule has 0 bridgehead atoms. The molecule has 1 aliphatic rings. The Morgan fingerprint density at radius 2 is 1.96 bits per heavy atom. The summed E-state index contributed by atoms with van der Waals surface area (Å²) >= 11 is 5.61. The molecule has 1 aromatic carbocycles. The lowest BCUT2D eigenvalue weighted by Gasteiger charge is -2.29. The highest BCUT2D eigenvalue weighted by Crippen LogP contribution is 2.22. The Bertz CT molecular complexity index is 959. The summed E-state index contributed by atoms with van der Waals surface area (Å²) in [6.45, 7) is 7.67. The number of hydrogen-bond donors (Lipinski definition) is 0. The minimum Gasteiger partial charge on any atom is -0.303 e. The predicted molar refractivity (Wildman–Crippen MR) is 111 cm³/mol. The van der Waals surface area contributed by atoms with Crippen molar-refractivity contribution in [2.24, 2.45) is 13.0 Å². The number of aromatic nitrogens is 3. The third-order valence-electron chi connectivity index (χ3n) is 4.99. The molecule has 0 saturated carbocycles. The molecule has 148 valence electrons. The summed E-state index contributed by atoms with van der Waals surface area (Å²) in [6, 6.07) is 8.25. The normalized spacial score (nSPS) is 19.3. The number of sulfone groups is 1. The molecule has 0 aliphatic carbocycles. The van der Waals surface area contributed by atoms with E-state index in [2.05, 4.69) is 37.8 Å². The van der Waals surface area contributed by atoms with E-state index in [0.717, 1.165) is 17.9 Å². The van der Waals surface area contributed by atoms with Gasteiger partial charge in [-0.1, -0.05) is 43.7 Å². The van der Waals surface area contributed by atoms with Crippen molar-refractivity contribution in [1.29, 1.82) is 0 Å². The summed E-state index contributed by atoms with van der Waals surface area (Å²) in [5, 5.41) is 4.75. The minimum atomic E-state index is -2.93. The molecular formula is C19H28N4O2S2. The zero-order valence-electron chi connectivity index (χ0n) is 16.4. The molecule has 1 fully saturated rings. The van der Waals surface area contributed by atoms with Gasteiger partial charge in [0.25, 0.3) is 0 Å². The van der Waals surface area contributed by atoms with Crippen LogP contribution in [0.5, 0.6) is 0 Å². The van der Waals surface area contributed by atoms with Gasteiger partial charge in [-0.25, -0.2) is 13.1 Å². The highest BCUT2D eigenvalue weighted by molar-refractivity contribution is 7.91. The van der Waals surface area contributed by atoms with Crippen LogP contribution in [0, 0.1) is 17.6 Å². The van der Waals surface area contributed by atoms with E-state index in [1.54, 1.807) is 0 Å². The van der Waals surface area contributed by atoms with E-state index in [1.165, 1.54) is 5.56 Å². The van der Waals surface area contributed by atoms with E-state index in [4.69, 9.17) is 17.3 Å². The van der Waals surface area contributed by atoms with E-state index in [0.29, 0.717) is 23.8 Å². The van der Waals surface area contributed by atoms with Crippen LogP contribution >= 0.6 is 12.2 Å². The number of hydrogen-bond acceptors (Lipinski definition) is 5. The van der Waals surface area contributed by atoms with Crippen molar-refractivity contribution < 1.29 is 8.42 Å². The first kappa shape index (κ1) is 20.2. The van der Waals surface area contributed by atoms with Gasteiger partial charge >= 0.3 is 0 Å². The third kappa shape index (κ3) is 4.67. The third-order valence-corrected chi connectivity index (χ3v) is 7.23. The lowest BCUT2D eigenvalue weighted by Crippen LogP contribution is -2.40. The predicted octanol–water partition coefficient (Wildman–Crippen LogP) is 3.03. The van der Waals surface area contributed by atoms with Gasteiger partial charge in [0.15, 0.2) is 20.4 Å². The zero-order chi connectivity index (χ0) is 19.8. The second-order valence-electron chi connectivity index (χ2n) is 7.89. The van der Waals surface area contributed by atoms with Crippen molar-refractivity contribution in [3.63, 3.8) is 0 Å². The Balaban J connectivity index is 1.89. The molecule has 0 amide bonds. The van der Waals surface area contributed by atoms with Gasteiger partial charge in [-0.15, -0.1) is 0 Å². The zero-order valence-corrected chi connectivity index (χ0v) is 18.1. The minimum absolute atomic E-state index is 0.0316. The maximum atomic E-state index is 11.9. The van der Waals surface area contributed by atoms with Crippen LogP contribution in [0.1, 0.15) is 25.8 Å². The molecule has 0 N–H and O–H groups in total. The molecule has 0 spiro atoms. The molecule has 1 aromatic heterocycles. The SMILES string of the molecule is Cc1ccc(-c2nn(CN(CC(C)C)C3CCS(=O)(=O)C3)c(=S)n2C)cc1. The molecule has 1 aliphatic heterocycles. The quantitative estimate of drug-likeness (QED) is 0.688. The van der Waals surface area contributed by atoms with Gasteiger partial charge in [0, 0.05) is 25.2 Å². The first-order valence-corrected chi connectivity index (χ1v) is 11.5. The highest BCUT2D eigenvalue weighted by Gasteiger charge is 2.33. The molecule has 27 heavy (non-hydrogen) atoms. The lowest BCUT2D eigenvalue weighted by molar-refractivity contribution is 0.137. The van der Waals surface area contributed by atoms with Crippen molar-refractivity contribution in [2.75, 3.05) is 18.1 Å². The number of aryl methyl sites for hydroxylation is 1. The van der Waals surface area contributed by atoms with E-state index < -0.39 is 9.84 Å². The Kier molecular flexibility index (Phi) is 5.88. The van der Waals surface area contributed by atoms with E-state index >= 15 is 0 Å². The van der Waals surface area contributed by atoms with Gasteiger partial charge in [-0.2, -0.15) is 5.10 Å². The van der Waals surface area contributed by atoms with Gasteiger partial charge in [0.1, 0.15) is 0 Å². The summed E-state index contributed by atoms with van der Waals surface area (Å²) in [5.74, 6) is 1.76. The lowest BCUT2D eigenvalue weighted by atomic mass is 10.1. The van der Waals surface area contributed by atoms with Crippen LogP contribution in [0.4, 0.5) is 0 Å². The fourth-order valence-corrected chi connectivity index (χ4v) is 5.51. The van der Waals surface area contributed by atoms with Gasteiger partial charge in [-0.3, -0.25) is 4.90 Å². The summed E-state index contributed by atoms with van der Waals surface area (Å²) in [4.78, 5) is 2.22. The molecule has 0 radical (unpaired) electrons. The van der Waals surface area contributed by atoms with E-state index in [-0.39, 0.29) is 17.5 Å². The van der Waals surface area contributed by atoms with Gasteiger partial charge in [0.2, 0.25) is 0 Å². The monoisotopic (exact) mass is 408 g/mol. The fourth-order valence-electron chi connectivity index (χ4n) is 3.56. The van der Waals surface area contributed by atoms with Crippen LogP contribution in [0.25, 0.3) is 11.4 Å². The first-order valence-electron chi connectivity index (χ1n) is 9.31. The second-order valence-corrected chi connectivity index (χ2v) is 10.5. The molecule has 3 rings (SSSR count). The van der Waals surface area contributed by atoms with Crippen LogP contribution in [0.2, 0.25) is 0 Å². The molecule has 6 nitrogen and oxygen atoms in total. The first-order chi connectivity index (χ1) is 12.7. The Morgan fingerprint density at radius 1 is 1.30 bits per heavy atom. The molecule has 2 heterocycles. The van der Waals surface area contributed by atoms with Gasteiger partial charge in [-0.05, 0) is 31.5 Å². The Hall–Kier alpha value is -1.51. The Labute approximate surface area is 166 Å². The van der Waals surface area contributed by atoms with Crippen LogP contribution < -0.4 is 0 Å². The molecule has 2 aromatic rings. The summed E-state index contributed by atoms with van der Waals surface area (Å²) in [6.07, 6.45) is 0.681. The summed E-state index contributed by atoms with van der Waals surface area (Å²) in [5.41, 5.74) is 2.22. The van der Waals surface area contributed by atoms with Gasteiger partial charge < -0.3 is 4.57 Å². The molecular weight excluding hydrogens is 380 g/mol. The number of rotatable bonds is 6. The second kappa shape index (κ2) is 7.85. The molecule has 1 saturated heterocycles. The van der Waals surface area contributed by atoms with Crippen molar-refractivity contribution in [3.05, 3.63) is 34.6 Å². The van der Waals surface area contributed by atoms with Crippen LogP contribution in [0.15, 0.2) is 24.3 Å². The Morgan fingerprint density at radius 3 is 2.52 bits per heavy atom. The largest absolute Gasteiger partial charge is 0.303 e. The molecule has 1 atom stereocenters. The average molecular weight is 409 g/mol. The maximum absolute atomic E-state index is 11.9. The smallest absolute Gasteiger partial charge is 0.199 e. The van der Waals surface area contributed by atoms with Crippen molar-refractivity contribution in [2.45, 2.75) is 39.9 Å². The van der Waals surface area contributed by atoms with Crippen molar-refractivity contribution >= 4 is 22.1 Å². The van der Waals surface area contributed by atoms with Crippen LogP contribution in [-0.4, -0.2) is 51.8 Å². The van der Waals surface area contributed by atoms with Crippen molar-refractivity contribution in [3.8, 4) is 11.4 Å². The van der Waals surface area contributed by atoms with Crippen LogP contribution in [-0.2, 0) is 23.6 Å². The standard InChI is InChI=1S/C19H28N4O2S2/c1-14(2)11-22(17-9-10-27(24,25)12-17)13-23-19(26)21(4)18(20-23)16-7-5-15(3)6-8-16/h5-8,14,17H,9-13H2,1-4H3. The van der Waals surface area contributed by atoms with Crippen molar-refractivity contribution in [1.82, 2.24) is 19.2 Å². The molecule has 1 unspecified atom stereocenters. The maximum Gasteiger partial charge on any atom is 0.199 e. The highest BCUT2D eigenvalue weighted by atomic mass is 32.2. The summed E-state index contributed by atoms with van der Waals surface area (Å²) < 4.78 is 28.3. The van der Waals surface area contributed by atoms with Crippen LogP contribution in [0.3, 0.4) is 0 Å². The van der Waals surface area contributed by atoms with E-state index in [1.807, 2.05) is 28.4 Å². The topological polar surface area (TPSA) is 60.1 Å². The summed E-state index contributed by atoms with van der Waals surface area (Å²) in [7, 11) is -1.01. The number of nitrogens with zero attached hydrogens (tertiary/aromatic N) is 4. The van der Waals surface area contributed by atoms with E-state index in [9.17, 15) is 8.42 Å². The fraction of sp³-hybridized carbons (Fsp3) is 0.579. The van der Waals surface area contributed by atoms with Gasteiger partial charge in [0.05, 0.1) is 18.2 Å².